The lowest BCUT2D eigenvalue weighted by Crippen LogP contribution is -2.40. The zero-order valence-corrected chi connectivity index (χ0v) is 8.40. The monoisotopic (exact) mass is 160 g/mol. The Morgan fingerprint density at radius 3 is 1.20 bits per heavy atom. The molecule has 0 N–H and O–H groups in total. The molecule has 0 heterocycles. The van der Waals surface area contributed by atoms with E-state index in [1.165, 1.54) is 0 Å². The van der Waals surface area contributed by atoms with Crippen LogP contribution in [0.5, 0.6) is 0 Å². The highest BCUT2D eigenvalue weighted by Crippen LogP contribution is 2.12. The third-order valence-corrected chi connectivity index (χ3v) is 1.86. The molecule has 0 saturated carbocycles. The van der Waals surface area contributed by atoms with Crippen molar-refractivity contribution in [1.29, 1.82) is 0 Å². The molecule has 0 rings (SSSR count). The Balaban J connectivity index is 3.98. The van der Waals surface area contributed by atoms with E-state index >= 15 is 0 Å². The molecule has 0 aromatic heterocycles. The molecule has 0 bridgehead atoms. The van der Waals surface area contributed by atoms with Gasteiger partial charge in [-0.15, -0.1) is 0 Å². The smallest absolute Gasteiger partial charge is 0.0638 e. The summed E-state index contributed by atoms with van der Waals surface area (Å²) in [6, 6.07) is 1.12. The van der Waals surface area contributed by atoms with Crippen LogP contribution in [0.25, 0.3) is 0 Å². The molecule has 2 heteroatoms. The van der Waals surface area contributed by atoms with Crippen LogP contribution >= 0.6 is 12.6 Å². The van der Waals surface area contributed by atoms with E-state index in [4.69, 9.17) is 12.6 Å². The van der Waals surface area contributed by atoms with Gasteiger partial charge < -0.3 is 0 Å². The molecule has 0 amide bonds. The zero-order chi connectivity index (χ0) is 8.31. The van der Waals surface area contributed by atoms with Crippen molar-refractivity contribution in [1.82, 2.24) is 4.90 Å². The summed E-state index contributed by atoms with van der Waals surface area (Å²) in [4.78, 5) is 2.31. The average molecular weight is 160 g/mol. The van der Waals surface area contributed by atoms with Crippen LogP contribution in [0, 0.1) is 0 Å². The Labute approximate surface area is 70.2 Å². The zero-order valence-electron chi connectivity index (χ0n) is 7.59. The molecular formula is C8H18NS. The van der Waals surface area contributed by atoms with Crippen molar-refractivity contribution in [2.24, 2.45) is 0 Å². The summed E-state index contributed by atoms with van der Waals surface area (Å²) in [5.74, 6) is 0. The van der Waals surface area contributed by atoms with Gasteiger partial charge in [0.2, 0.25) is 0 Å². The average Bonchev–Trinajstić information content (AvgIpc) is 1.59. The molecule has 0 aromatic rings. The van der Waals surface area contributed by atoms with Crippen LogP contribution in [-0.4, -0.2) is 22.4 Å². The lowest BCUT2D eigenvalue weighted by atomic mass is 10.2. The second-order valence-corrected chi connectivity index (χ2v) is 3.92. The van der Waals surface area contributed by atoms with Crippen LogP contribution in [0.1, 0.15) is 34.6 Å². The van der Waals surface area contributed by atoms with Gasteiger partial charge in [-0.1, -0.05) is 12.6 Å². The first kappa shape index (κ1) is 10.3. The molecule has 1 unspecified atom stereocenters. The highest BCUT2D eigenvalue weighted by atomic mass is 32.1. The van der Waals surface area contributed by atoms with Crippen molar-refractivity contribution in [3.8, 4) is 0 Å². The molecule has 0 saturated heterocycles. The van der Waals surface area contributed by atoms with Gasteiger partial charge in [0.15, 0.2) is 0 Å². The van der Waals surface area contributed by atoms with Crippen LogP contribution < -0.4 is 0 Å². The maximum atomic E-state index is 5.18. The van der Waals surface area contributed by atoms with Crippen LogP contribution in [-0.2, 0) is 0 Å². The summed E-state index contributed by atoms with van der Waals surface area (Å²) < 4.78 is 0. The van der Waals surface area contributed by atoms with E-state index in [0.717, 1.165) is 0 Å². The molecule has 1 radical (unpaired) electrons. The summed E-state index contributed by atoms with van der Waals surface area (Å²) in [6.45, 7) is 10.8. The van der Waals surface area contributed by atoms with Gasteiger partial charge in [0, 0.05) is 12.1 Å². The summed E-state index contributed by atoms with van der Waals surface area (Å²) in [7, 11) is 0. The molecular weight excluding hydrogens is 142 g/mol. The number of rotatable bonds is 3. The van der Waals surface area contributed by atoms with Gasteiger partial charge >= 0.3 is 0 Å². The second kappa shape index (κ2) is 4.24. The lowest BCUT2D eigenvalue weighted by Gasteiger charge is -2.32. The van der Waals surface area contributed by atoms with Crippen molar-refractivity contribution in [2.75, 3.05) is 0 Å². The van der Waals surface area contributed by atoms with Gasteiger partial charge in [-0.3, -0.25) is 4.90 Å². The van der Waals surface area contributed by atoms with Crippen LogP contribution in [0.3, 0.4) is 0 Å². The Kier molecular flexibility index (Phi) is 4.37. The molecule has 0 aromatic carbocycles. The maximum Gasteiger partial charge on any atom is 0.0638 e. The maximum absolute atomic E-state index is 5.18. The lowest BCUT2D eigenvalue weighted by molar-refractivity contribution is 0.169. The van der Waals surface area contributed by atoms with E-state index in [0.29, 0.717) is 12.1 Å². The van der Waals surface area contributed by atoms with Crippen LogP contribution in [0.15, 0.2) is 0 Å². The molecule has 0 fully saturated rings. The minimum atomic E-state index is 0.250. The standard InChI is InChI=1S/C8H18NS/c1-6(2)9(7(3)4)8(5)10/h6-8H,1-5H3. The number of nitrogens with zero attached hydrogens (tertiary/aromatic N) is 1. The van der Waals surface area contributed by atoms with Gasteiger partial charge in [-0.05, 0) is 34.6 Å². The van der Waals surface area contributed by atoms with Gasteiger partial charge in [0.1, 0.15) is 0 Å². The predicted octanol–water partition coefficient (Wildman–Crippen LogP) is 2.65. The molecule has 0 spiro atoms. The van der Waals surface area contributed by atoms with Gasteiger partial charge in [0.25, 0.3) is 0 Å². The highest BCUT2D eigenvalue weighted by Gasteiger charge is 2.16. The molecule has 0 aliphatic carbocycles. The fourth-order valence-corrected chi connectivity index (χ4v) is 1.92. The van der Waals surface area contributed by atoms with Gasteiger partial charge in [-0.2, -0.15) is 0 Å². The van der Waals surface area contributed by atoms with Crippen LogP contribution in [0.2, 0.25) is 0 Å². The number of hydrogen-bond acceptors (Lipinski definition) is 1. The SMILES string of the molecule is CC(C)N(C(C)C)C(C)[S]. The quantitative estimate of drug-likeness (QED) is 0.613. The van der Waals surface area contributed by atoms with E-state index in [1.807, 2.05) is 0 Å². The van der Waals surface area contributed by atoms with Crippen LogP contribution in [0.4, 0.5) is 0 Å². The van der Waals surface area contributed by atoms with E-state index in [-0.39, 0.29) is 5.37 Å². The normalized spacial score (nSPS) is 15.3. The predicted molar refractivity (Wildman–Crippen MR) is 49.2 cm³/mol. The number of hydrogen-bond donors (Lipinski definition) is 0. The fraction of sp³-hybridized carbons (Fsp3) is 1.00. The summed E-state index contributed by atoms with van der Waals surface area (Å²) >= 11 is 5.18. The van der Waals surface area contributed by atoms with E-state index in [9.17, 15) is 0 Å². The Bertz CT molecular complexity index is 70.2. The molecule has 0 aliphatic heterocycles. The topological polar surface area (TPSA) is 3.24 Å². The Morgan fingerprint density at radius 2 is 1.20 bits per heavy atom. The summed E-state index contributed by atoms with van der Waals surface area (Å²) in [5.41, 5.74) is 0. The Hall–Kier alpha value is 0.310. The van der Waals surface area contributed by atoms with E-state index in [2.05, 4.69) is 39.5 Å². The summed E-state index contributed by atoms with van der Waals surface area (Å²) in [5, 5.41) is 0.250. The van der Waals surface area contributed by atoms with E-state index < -0.39 is 0 Å². The third-order valence-electron chi connectivity index (χ3n) is 1.61. The van der Waals surface area contributed by atoms with Crippen molar-refractivity contribution in [3.05, 3.63) is 0 Å². The van der Waals surface area contributed by atoms with Crippen molar-refractivity contribution in [2.45, 2.75) is 52.1 Å². The molecule has 0 aliphatic rings. The van der Waals surface area contributed by atoms with Crippen molar-refractivity contribution < 1.29 is 0 Å². The molecule has 1 nitrogen and oxygen atoms in total. The first-order valence-corrected chi connectivity index (χ1v) is 4.37. The molecule has 61 valence electrons. The largest absolute Gasteiger partial charge is 0.286 e. The summed E-state index contributed by atoms with van der Waals surface area (Å²) in [6.07, 6.45) is 0. The minimum absolute atomic E-state index is 0.250. The third kappa shape index (κ3) is 2.93. The van der Waals surface area contributed by atoms with Crippen molar-refractivity contribution >= 4 is 12.6 Å². The van der Waals surface area contributed by atoms with Gasteiger partial charge in [0.05, 0.1) is 5.37 Å². The highest BCUT2D eigenvalue weighted by molar-refractivity contribution is 7.80. The molecule has 1 atom stereocenters. The van der Waals surface area contributed by atoms with E-state index in [1.54, 1.807) is 0 Å². The molecule has 10 heavy (non-hydrogen) atoms. The van der Waals surface area contributed by atoms with Crippen molar-refractivity contribution in [3.63, 3.8) is 0 Å². The first-order chi connectivity index (χ1) is 4.46. The minimum Gasteiger partial charge on any atom is -0.286 e. The van der Waals surface area contributed by atoms with Gasteiger partial charge in [-0.25, -0.2) is 0 Å². The Morgan fingerprint density at radius 1 is 0.900 bits per heavy atom. The fourth-order valence-electron chi connectivity index (χ4n) is 1.44. The first-order valence-electron chi connectivity index (χ1n) is 3.90. The second-order valence-electron chi connectivity index (χ2n) is 3.23.